The van der Waals surface area contributed by atoms with Crippen LogP contribution in [-0.2, 0) is 11.3 Å². The number of aromatic nitrogens is 4. The summed E-state index contributed by atoms with van der Waals surface area (Å²) in [5.41, 5.74) is 3.57. The van der Waals surface area contributed by atoms with E-state index in [1.165, 1.54) is 4.68 Å². The second-order valence-corrected chi connectivity index (χ2v) is 7.17. The van der Waals surface area contributed by atoms with E-state index in [1.54, 1.807) is 29.1 Å². The largest absolute Gasteiger partial charge is 0.309 e. The first-order valence-corrected chi connectivity index (χ1v) is 9.31. The maximum absolute atomic E-state index is 12.6. The quantitative estimate of drug-likeness (QED) is 0.583. The van der Waals surface area contributed by atoms with Crippen LogP contribution in [0.4, 0.5) is 5.82 Å². The van der Waals surface area contributed by atoms with Crippen LogP contribution < -0.4 is 10.9 Å². The molecule has 146 valence electrons. The van der Waals surface area contributed by atoms with Crippen molar-refractivity contribution >= 4 is 22.5 Å². The van der Waals surface area contributed by atoms with Crippen molar-refractivity contribution in [3.05, 3.63) is 81.9 Å². The molecule has 2 aromatic heterocycles. The molecule has 2 heterocycles. The summed E-state index contributed by atoms with van der Waals surface area (Å²) in [7, 11) is 0. The highest BCUT2D eigenvalue weighted by Gasteiger charge is 2.14. The molecule has 0 bridgehead atoms. The minimum atomic E-state index is -0.347. The molecule has 0 aliphatic rings. The Bertz CT molecular complexity index is 1270. The fraction of sp³-hybridized carbons (Fsp3) is 0.182. The van der Waals surface area contributed by atoms with Crippen LogP contribution in [0, 0.1) is 20.8 Å². The van der Waals surface area contributed by atoms with Crippen molar-refractivity contribution in [2.75, 3.05) is 5.32 Å². The number of nitrogens with zero attached hydrogens (tertiary/aromatic N) is 4. The summed E-state index contributed by atoms with van der Waals surface area (Å²) in [6, 6.07) is 15.1. The Labute approximate surface area is 167 Å². The molecule has 4 rings (SSSR count). The van der Waals surface area contributed by atoms with E-state index in [0.29, 0.717) is 11.2 Å². The van der Waals surface area contributed by atoms with Crippen LogP contribution >= 0.6 is 0 Å². The van der Waals surface area contributed by atoms with Gasteiger partial charge in [-0.2, -0.15) is 10.2 Å². The molecule has 2 aromatic carbocycles. The third-order valence-electron chi connectivity index (χ3n) is 4.61. The summed E-state index contributed by atoms with van der Waals surface area (Å²) in [6.07, 6.45) is 1.59. The lowest BCUT2D eigenvalue weighted by Gasteiger charge is -2.11. The van der Waals surface area contributed by atoms with Gasteiger partial charge < -0.3 is 5.32 Å². The van der Waals surface area contributed by atoms with Gasteiger partial charge in [-0.3, -0.25) is 9.59 Å². The van der Waals surface area contributed by atoms with Gasteiger partial charge in [0.25, 0.3) is 5.56 Å². The van der Waals surface area contributed by atoms with Gasteiger partial charge in [0.15, 0.2) is 0 Å². The Hall–Kier alpha value is -3.74. The number of anilines is 1. The summed E-state index contributed by atoms with van der Waals surface area (Å²) >= 11 is 0. The second-order valence-electron chi connectivity index (χ2n) is 7.17. The molecule has 29 heavy (non-hydrogen) atoms. The number of amides is 1. The van der Waals surface area contributed by atoms with Gasteiger partial charge in [0, 0.05) is 11.5 Å². The first-order valence-electron chi connectivity index (χ1n) is 9.31. The number of aryl methyl sites for hydroxylation is 3. The monoisotopic (exact) mass is 387 g/mol. The molecule has 1 N–H and O–H groups in total. The lowest BCUT2D eigenvalue weighted by atomic mass is 10.1. The molecule has 0 unspecified atom stereocenters. The third-order valence-corrected chi connectivity index (χ3v) is 4.61. The number of benzene rings is 2. The van der Waals surface area contributed by atoms with E-state index in [-0.39, 0.29) is 18.0 Å². The van der Waals surface area contributed by atoms with E-state index in [1.807, 2.05) is 45.0 Å². The van der Waals surface area contributed by atoms with Crippen LogP contribution in [0.2, 0.25) is 0 Å². The van der Waals surface area contributed by atoms with E-state index in [0.717, 1.165) is 27.9 Å². The lowest BCUT2D eigenvalue weighted by molar-refractivity contribution is -0.117. The molecule has 1 amide bonds. The normalized spacial score (nSPS) is 11.0. The Kier molecular flexibility index (Phi) is 4.72. The number of hydrogen-bond acceptors (Lipinski definition) is 4. The Morgan fingerprint density at radius 1 is 1.03 bits per heavy atom. The molecule has 0 fully saturated rings. The zero-order valence-electron chi connectivity index (χ0n) is 16.5. The van der Waals surface area contributed by atoms with Crippen molar-refractivity contribution in [3.8, 4) is 5.69 Å². The molecule has 0 atom stereocenters. The molecule has 0 aliphatic heterocycles. The standard InChI is InChI=1S/C22H21N5O2/c1-14-8-15(2)10-18(9-14)27-20(11-16(3)25-27)24-21(28)13-26-22(29)19-7-5-4-6-17(19)12-23-26/h4-12H,13H2,1-3H3,(H,24,28). The number of rotatable bonds is 4. The molecule has 0 spiro atoms. The predicted octanol–water partition coefficient (Wildman–Crippen LogP) is 3.15. The Balaban J connectivity index is 1.61. The van der Waals surface area contributed by atoms with Gasteiger partial charge >= 0.3 is 0 Å². The minimum Gasteiger partial charge on any atom is -0.309 e. The summed E-state index contributed by atoms with van der Waals surface area (Å²) in [6.45, 7) is 5.72. The first kappa shape index (κ1) is 18.6. The summed E-state index contributed by atoms with van der Waals surface area (Å²) < 4.78 is 2.87. The summed E-state index contributed by atoms with van der Waals surface area (Å²) in [5, 5.41) is 12.8. The molecule has 0 saturated carbocycles. The Morgan fingerprint density at radius 3 is 2.52 bits per heavy atom. The van der Waals surface area contributed by atoms with Crippen molar-refractivity contribution < 1.29 is 4.79 Å². The molecule has 7 heteroatoms. The highest BCUT2D eigenvalue weighted by molar-refractivity contribution is 5.90. The van der Waals surface area contributed by atoms with Crippen molar-refractivity contribution in [2.24, 2.45) is 0 Å². The van der Waals surface area contributed by atoms with Gasteiger partial charge in [0.05, 0.1) is 23.0 Å². The van der Waals surface area contributed by atoms with E-state index >= 15 is 0 Å². The van der Waals surface area contributed by atoms with Crippen LogP contribution in [0.5, 0.6) is 0 Å². The predicted molar refractivity (Wildman–Crippen MR) is 112 cm³/mol. The lowest BCUT2D eigenvalue weighted by Crippen LogP contribution is -2.30. The zero-order chi connectivity index (χ0) is 20.5. The molecule has 4 aromatic rings. The SMILES string of the molecule is Cc1cc(C)cc(-n2nc(C)cc2NC(=O)Cn2ncc3ccccc3c2=O)c1. The molecular formula is C22H21N5O2. The van der Waals surface area contributed by atoms with Crippen LogP contribution in [0.3, 0.4) is 0 Å². The van der Waals surface area contributed by atoms with Gasteiger partial charge in [0.1, 0.15) is 12.4 Å². The van der Waals surface area contributed by atoms with Crippen LogP contribution in [0.15, 0.2) is 59.5 Å². The molecule has 0 radical (unpaired) electrons. The number of carbonyl (C=O) groups is 1. The Morgan fingerprint density at radius 2 is 1.76 bits per heavy atom. The van der Waals surface area contributed by atoms with Crippen molar-refractivity contribution in [3.63, 3.8) is 0 Å². The highest BCUT2D eigenvalue weighted by atomic mass is 16.2. The zero-order valence-corrected chi connectivity index (χ0v) is 16.5. The second kappa shape index (κ2) is 7.35. The maximum atomic E-state index is 12.6. The number of hydrogen-bond donors (Lipinski definition) is 1. The smallest absolute Gasteiger partial charge is 0.275 e. The van der Waals surface area contributed by atoms with E-state index < -0.39 is 0 Å². The van der Waals surface area contributed by atoms with E-state index in [9.17, 15) is 9.59 Å². The van der Waals surface area contributed by atoms with Crippen LogP contribution in [-0.4, -0.2) is 25.5 Å². The number of fused-ring (bicyclic) bond motifs is 1. The van der Waals surface area contributed by atoms with Gasteiger partial charge in [-0.15, -0.1) is 0 Å². The molecule has 0 saturated heterocycles. The van der Waals surface area contributed by atoms with Gasteiger partial charge in [-0.25, -0.2) is 9.36 Å². The molecular weight excluding hydrogens is 366 g/mol. The third kappa shape index (κ3) is 3.80. The van der Waals surface area contributed by atoms with Gasteiger partial charge in [-0.05, 0) is 50.1 Å². The summed E-state index contributed by atoms with van der Waals surface area (Å²) in [4.78, 5) is 25.2. The average Bonchev–Trinajstić information content (AvgIpc) is 3.03. The molecule has 7 nitrogen and oxygen atoms in total. The van der Waals surface area contributed by atoms with Crippen LogP contribution in [0.25, 0.3) is 16.5 Å². The van der Waals surface area contributed by atoms with Crippen molar-refractivity contribution in [1.82, 2.24) is 19.6 Å². The van der Waals surface area contributed by atoms with E-state index in [2.05, 4.69) is 21.6 Å². The van der Waals surface area contributed by atoms with Gasteiger partial charge in [-0.1, -0.05) is 24.3 Å². The topological polar surface area (TPSA) is 81.8 Å². The molecule has 0 aliphatic carbocycles. The van der Waals surface area contributed by atoms with E-state index in [4.69, 9.17) is 0 Å². The minimum absolute atomic E-state index is 0.180. The summed E-state index contributed by atoms with van der Waals surface area (Å²) in [5.74, 6) is 0.201. The van der Waals surface area contributed by atoms with Crippen LogP contribution in [0.1, 0.15) is 16.8 Å². The highest BCUT2D eigenvalue weighted by Crippen LogP contribution is 2.20. The average molecular weight is 387 g/mol. The van der Waals surface area contributed by atoms with Gasteiger partial charge in [0.2, 0.25) is 5.91 Å². The maximum Gasteiger partial charge on any atom is 0.275 e. The fourth-order valence-electron chi connectivity index (χ4n) is 3.42. The number of nitrogens with one attached hydrogen (secondary N) is 1. The number of carbonyl (C=O) groups excluding carboxylic acids is 1. The fourth-order valence-corrected chi connectivity index (χ4v) is 3.42. The van der Waals surface area contributed by atoms with Crippen molar-refractivity contribution in [2.45, 2.75) is 27.3 Å². The first-order chi connectivity index (χ1) is 13.9. The van der Waals surface area contributed by atoms with Crippen molar-refractivity contribution in [1.29, 1.82) is 0 Å².